The van der Waals surface area contributed by atoms with Crippen LogP contribution in [-0.4, -0.2) is 46.6 Å². The average molecular weight is 270 g/mol. The van der Waals surface area contributed by atoms with Crippen molar-refractivity contribution in [2.75, 3.05) is 25.4 Å². The van der Waals surface area contributed by atoms with Crippen LogP contribution in [0.5, 0.6) is 0 Å². The highest BCUT2D eigenvalue weighted by atomic mass is 32.1. The van der Waals surface area contributed by atoms with E-state index in [4.69, 9.17) is 5.73 Å². The number of carbonyl (C=O) groups is 1. The van der Waals surface area contributed by atoms with Crippen molar-refractivity contribution in [1.82, 2.24) is 15.2 Å². The fourth-order valence-corrected chi connectivity index (χ4v) is 2.59. The number of aliphatic hydroxyl groups excluding tert-OH is 1. The Morgan fingerprint density at radius 3 is 3.22 bits per heavy atom. The molecule has 2 rings (SSSR count). The number of nitrogens with zero attached hydrogens (tertiary/aromatic N) is 2. The van der Waals surface area contributed by atoms with Gasteiger partial charge in [0.15, 0.2) is 5.13 Å². The molecule has 1 saturated heterocycles. The molecular formula is C11H18N4O2S. The molecule has 1 aliphatic rings. The average Bonchev–Trinajstić information content (AvgIpc) is 2.73. The van der Waals surface area contributed by atoms with Crippen LogP contribution in [0.25, 0.3) is 0 Å². The number of piperidine rings is 1. The fraction of sp³-hybridized carbons (Fsp3) is 0.636. The van der Waals surface area contributed by atoms with Gasteiger partial charge in [-0.25, -0.2) is 4.98 Å². The maximum atomic E-state index is 11.7. The summed E-state index contributed by atoms with van der Waals surface area (Å²) in [5, 5.41) is 14.7. The van der Waals surface area contributed by atoms with Crippen LogP contribution < -0.4 is 11.1 Å². The summed E-state index contributed by atoms with van der Waals surface area (Å²) in [7, 11) is 0. The third-order valence-corrected chi connectivity index (χ3v) is 3.61. The van der Waals surface area contributed by atoms with Crippen molar-refractivity contribution < 1.29 is 9.90 Å². The Morgan fingerprint density at radius 1 is 1.72 bits per heavy atom. The van der Waals surface area contributed by atoms with Gasteiger partial charge in [0.25, 0.3) is 0 Å². The predicted molar refractivity (Wildman–Crippen MR) is 70.1 cm³/mol. The van der Waals surface area contributed by atoms with Gasteiger partial charge in [-0.3, -0.25) is 9.69 Å². The minimum Gasteiger partial charge on any atom is -0.392 e. The number of nitrogens with one attached hydrogen (secondary N) is 1. The predicted octanol–water partition coefficient (Wildman–Crippen LogP) is -0.202. The largest absolute Gasteiger partial charge is 0.392 e. The minimum absolute atomic E-state index is 0.0457. The quantitative estimate of drug-likeness (QED) is 0.704. The van der Waals surface area contributed by atoms with E-state index in [-0.39, 0.29) is 12.0 Å². The molecule has 4 N–H and O–H groups in total. The second-order valence-electron chi connectivity index (χ2n) is 4.48. The second kappa shape index (κ2) is 6.12. The molecule has 100 valence electrons. The third-order valence-electron chi connectivity index (χ3n) is 2.88. The molecule has 1 aliphatic heterocycles. The first-order valence-electron chi connectivity index (χ1n) is 6.00. The van der Waals surface area contributed by atoms with Gasteiger partial charge in [0, 0.05) is 11.9 Å². The Hall–Kier alpha value is -1.18. The molecule has 18 heavy (non-hydrogen) atoms. The Labute approximate surface area is 110 Å². The Balaban J connectivity index is 1.71. The van der Waals surface area contributed by atoms with Crippen LogP contribution in [0.3, 0.4) is 0 Å². The topological polar surface area (TPSA) is 91.5 Å². The first-order chi connectivity index (χ1) is 8.63. The number of aromatic nitrogens is 1. The van der Waals surface area contributed by atoms with Gasteiger partial charge in [-0.2, -0.15) is 0 Å². The Bertz CT molecular complexity index is 410. The lowest BCUT2D eigenvalue weighted by Gasteiger charge is -2.29. The molecule has 1 aromatic heterocycles. The van der Waals surface area contributed by atoms with Gasteiger partial charge in [0.1, 0.15) is 0 Å². The SMILES string of the molecule is Nc1nc(CNC(=O)CN2CCCC(O)C2)cs1. The molecule has 1 aromatic rings. The summed E-state index contributed by atoms with van der Waals surface area (Å²) in [4.78, 5) is 17.7. The first-order valence-corrected chi connectivity index (χ1v) is 6.88. The van der Waals surface area contributed by atoms with E-state index in [2.05, 4.69) is 10.3 Å². The van der Waals surface area contributed by atoms with E-state index in [1.807, 2.05) is 10.3 Å². The number of nitrogens with two attached hydrogens (primary N) is 1. The minimum atomic E-state index is -0.301. The van der Waals surface area contributed by atoms with Crippen LogP contribution in [0.15, 0.2) is 5.38 Å². The van der Waals surface area contributed by atoms with Crippen LogP contribution >= 0.6 is 11.3 Å². The lowest BCUT2D eigenvalue weighted by Crippen LogP contribution is -2.44. The van der Waals surface area contributed by atoms with Gasteiger partial charge in [0.2, 0.25) is 5.91 Å². The fourth-order valence-electron chi connectivity index (χ4n) is 2.03. The zero-order valence-corrected chi connectivity index (χ0v) is 10.9. The second-order valence-corrected chi connectivity index (χ2v) is 5.37. The van der Waals surface area contributed by atoms with E-state index in [9.17, 15) is 9.90 Å². The number of likely N-dealkylation sites (tertiary alicyclic amines) is 1. The summed E-state index contributed by atoms with van der Waals surface area (Å²) >= 11 is 1.36. The van der Waals surface area contributed by atoms with Crippen molar-refractivity contribution in [2.45, 2.75) is 25.5 Å². The van der Waals surface area contributed by atoms with Crippen LogP contribution in [-0.2, 0) is 11.3 Å². The molecule has 1 fully saturated rings. The standard InChI is InChI=1S/C11H18N4O2S/c12-11-14-8(7-18-11)4-13-10(17)6-15-3-1-2-9(16)5-15/h7,9,16H,1-6H2,(H2,12,14)(H,13,17). The van der Waals surface area contributed by atoms with Crippen LogP contribution in [0.2, 0.25) is 0 Å². The van der Waals surface area contributed by atoms with Gasteiger partial charge >= 0.3 is 0 Å². The van der Waals surface area contributed by atoms with Crippen molar-refractivity contribution in [3.8, 4) is 0 Å². The molecule has 0 spiro atoms. The van der Waals surface area contributed by atoms with Crippen LogP contribution in [0, 0.1) is 0 Å². The molecule has 6 nitrogen and oxygen atoms in total. The Morgan fingerprint density at radius 2 is 2.56 bits per heavy atom. The van der Waals surface area contributed by atoms with E-state index in [1.54, 1.807) is 0 Å². The molecule has 0 radical (unpaired) electrons. The zero-order chi connectivity index (χ0) is 13.0. The normalized spacial score (nSPS) is 20.8. The zero-order valence-electron chi connectivity index (χ0n) is 10.1. The lowest BCUT2D eigenvalue weighted by atomic mass is 10.1. The molecular weight excluding hydrogens is 252 g/mol. The van der Waals surface area contributed by atoms with Crippen molar-refractivity contribution in [2.24, 2.45) is 0 Å². The van der Waals surface area contributed by atoms with Crippen LogP contribution in [0.1, 0.15) is 18.5 Å². The van der Waals surface area contributed by atoms with Gasteiger partial charge in [-0.15, -0.1) is 11.3 Å². The third kappa shape index (κ3) is 3.94. The molecule has 0 bridgehead atoms. The number of hydrogen-bond donors (Lipinski definition) is 3. The molecule has 1 atom stereocenters. The van der Waals surface area contributed by atoms with Gasteiger partial charge in [0.05, 0.1) is 24.9 Å². The molecule has 1 unspecified atom stereocenters. The van der Waals surface area contributed by atoms with E-state index in [0.717, 1.165) is 25.1 Å². The number of carbonyl (C=O) groups excluding carboxylic acids is 1. The van der Waals surface area contributed by atoms with Gasteiger partial charge < -0.3 is 16.2 Å². The van der Waals surface area contributed by atoms with Crippen molar-refractivity contribution in [3.05, 3.63) is 11.1 Å². The maximum Gasteiger partial charge on any atom is 0.234 e. The van der Waals surface area contributed by atoms with E-state index >= 15 is 0 Å². The summed E-state index contributed by atoms with van der Waals surface area (Å²) in [6.07, 6.45) is 1.47. The van der Waals surface area contributed by atoms with E-state index in [0.29, 0.717) is 24.8 Å². The van der Waals surface area contributed by atoms with Crippen molar-refractivity contribution in [1.29, 1.82) is 0 Å². The Kier molecular flexibility index (Phi) is 4.51. The van der Waals surface area contributed by atoms with E-state index in [1.165, 1.54) is 11.3 Å². The number of thiazole rings is 1. The van der Waals surface area contributed by atoms with Crippen molar-refractivity contribution in [3.63, 3.8) is 0 Å². The maximum absolute atomic E-state index is 11.7. The number of amides is 1. The molecule has 7 heteroatoms. The van der Waals surface area contributed by atoms with Gasteiger partial charge in [-0.05, 0) is 19.4 Å². The van der Waals surface area contributed by atoms with Gasteiger partial charge in [-0.1, -0.05) is 0 Å². The number of anilines is 1. The lowest BCUT2D eigenvalue weighted by molar-refractivity contribution is -0.123. The molecule has 2 heterocycles. The van der Waals surface area contributed by atoms with Crippen LogP contribution in [0.4, 0.5) is 5.13 Å². The molecule has 0 saturated carbocycles. The summed E-state index contributed by atoms with van der Waals surface area (Å²) in [6, 6.07) is 0. The highest BCUT2D eigenvalue weighted by Crippen LogP contribution is 2.11. The summed E-state index contributed by atoms with van der Waals surface area (Å²) in [5.41, 5.74) is 6.29. The summed E-state index contributed by atoms with van der Waals surface area (Å²) in [6.45, 7) is 2.19. The molecule has 0 aliphatic carbocycles. The number of rotatable bonds is 4. The van der Waals surface area contributed by atoms with Crippen molar-refractivity contribution >= 4 is 22.4 Å². The monoisotopic (exact) mass is 270 g/mol. The summed E-state index contributed by atoms with van der Waals surface area (Å²) in [5.74, 6) is -0.0457. The molecule has 0 aromatic carbocycles. The summed E-state index contributed by atoms with van der Waals surface area (Å²) < 4.78 is 0. The highest BCUT2D eigenvalue weighted by Gasteiger charge is 2.19. The van der Waals surface area contributed by atoms with E-state index < -0.39 is 0 Å². The number of nitrogen functional groups attached to an aromatic ring is 1. The first kappa shape index (κ1) is 13.3. The highest BCUT2D eigenvalue weighted by molar-refractivity contribution is 7.13. The smallest absolute Gasteiger partial charge is 0.234 e. The number of hydrogen-bond acceptors (Lipinski definition) is 6. The number of β-amino-alcohol motifs (C(OH)–C–C–N with tert-alkyl or cyclic N) is 1. The number of aliphatic hydroxyl groups is 1. The molecule has 1 amide bonds.